The first kappa shape index (κ1) is 23.9. The maximum Gasteiger partial charge on any atom is 0.253 e. The number of carbonyl (C=O) groups is 2. The lowest BCUT2D eigenvalue weighted by molar-refractivity contribution is -0.115. The molecule has 186 valence electrons. The third-order valence-corrected chi connectivity index (χ3v) is 7.24. The smallest absolute Gasteiger partial charge is 0.253 e. The van der Waals surface area contributed by atoms with Gasteiger partial charge in [-0.1, -0.05) is 18.2 Å². The number of nitrogens with zero attached hydrogens (tertiary/aromatic N) is 4. The van der Waals surface area contributed by atoms with Gasteiger partial charge in [0.25, 0.3) is 5.91 Å². The van der Waals surface area contributed by atoms with Crippen molar-refractivity contribution in [2.75, 3.05) is 24.7 Å². The molecular weight excluding hydrogens is 504 g/mol. The Hall–Kier alpha value is -3.81. The average molecular weight is 527 g/mol. The van der Waals surface area contributed by atoms with Crippen molar-refractivity contribution in [3.63, 3.8) is 0 Å². The zero-order chi connectivity index (χ0) is 25.3. The average Bonchev–Trinajstić information content (AvgIpc) is 3.61. The predicted molar refractivity (Wildman–Crippen MR) is 134 cm³/mol. The monoisotopic (exact) mass is 526 g/mol. The van der Waals surface area contributed by atoms with E-state index < -0.39 is 21.8 Å². The molecule has 0 saturated heterocycles. The molecule has 4 heterocycles. The molecule has 0 unspecified atom stereocenters. The van der Waals surface area contributed by atoms with Gasteiger partial charge in [0.15, 0.2) is 5.13 Å². The molecule has 0 fully saturated rings. The van der Waals surface area contributed by atoms with E-state index in [0.29, 0.717) is 24.0 Å². The SMILES string of the molecule is CS(=O)(=O)n1ccc(C(=O)NCC(=O)Nc2nc(-c3cccc(-c4cc5n(n4)CCOC5)c3)cs2)c1. The molecule has 0 radical (unpaired) electrons. The number of hydrogen-bond donors (Lipinski definition) is 2. The highest BCUT2D eigenvalue weighted by atomic mass is 32.2. The second kappa shape index (κ2) is 9.68. The lowest BCUT2D eigenvalue weighted by Gasteiger charge is -2.12. The molecule has 1 aliphatic rings. The van der Waals surface area contributed by atoms with Crippen LogP contribution in [0, 0.1) is 0 Å². The van der Waals surface area contributed by atoms with Gasteiger partial charge in [-0.25, -0.2) is 13.4 Å². The molecular formula is C23H22N6O5S2. The molecule has 0 saturated carbocycles. The Morgan fingerprint density at radius 2 is 1.97 bits per heavy atom. The van der Waals surface area contributed by atoms with E-state index >= 15 is 0 Å². The highest BCUT2D eigenvalue weighted by molar-refractivity contribution is 7.89. The van der Waals surface area contributed by atoms with Gasteiger partial charge in [0, 0.05) is 28.9 Å². The zero-order valence-corrected chi connectivity index (χ0v) is 20.8. The number of aromatic nitrogens is 4. The van der Waals surface area contributed by atoms with E-state index in [1.165, 1.54) is 29.8 Å². The molecule has 2 N–H and O–H groups in total. The third kappa shape index (κ3) is 5.22. The van der Waals surface area contributed by atoms with Gasteiger partial charge in [-0.05, 0) is 18.2 Å². The number of amides is 2. The molecule has 36 heavy (non-hydrogen) atoms. The molecule has 0 aliphatic carbocycles. The minimum Gasteiger partial charge on any atom is -0.373 e. The molecule has 0 spiro atoms. The third-order valence-electron chi connectivity index (χ3n) is 5.49. The highest BCUT2D eigenvalue weighted by Gasteiger charge is 2.16. The van der Waals surface area contributed by atoms with Crippen molar-refractivity contribution in [3.05, 3.63) is 65.4 Å². The van der Waals surface area contributed by atoms with Gasteiger partial charge in [0.05, 0.1) is 55.2 Å². The van der Waals surface area contributed by atoms with Crippen LogP contribution in [0.25, 0.3) is 22.5 Å². The van der Waals surface area contributed by atoms with E-state index in [4.69, 9.17) is 4.74 Å². The number of ether oxygens (including phenoxy) is 1. The lowest BCUT2D eigenvalue weighted by atomic mass is 10.1. The largest absolute Gasteiger partial charge is 0.373 e. The molecule has 5 rings (SSSR count). The van der Waals surface area contributed by atoms with E-state index in [9.17, 15) is 18.0 Å². The second-order valence-corrected chi connectivity index (χ2v) is 10.9. The van der Waals surface area contributed by atoms with Crippen molar-refractivity contribution in [2.45, 2.75) is 13.2 Å². The van der Waals surface area contributed by atoms with Crippen molar-refractivity contribution in [1.29, 1.82) is 0 Å². The molecule has 1 aliphatic heterocycles. The van der Waals surface area contributed by atoms with Crippen LogP contribution < -0.4 is 10.6 Å². The summed E-state index contributed by atoms with van der Waals surface area (Å²) < 4.78 is 31.4. The van der Waals surface area contributed by atoms with Crippen molar-refractivity contribution >= 4 is 38.3 Å². The Bertz CT molecular complexity index is 1530. The van der Waals surface area contributed by atoms with E-state index in [2.05, 4.69) is 20.7 Å². The first-order valence-electron chi connectivity index (χ1n) is 10.9. The highest BCUT2D eigenvalue weighted by Crippen LogP contribution is 2.29. The molecule has 0 atom stereocenters. The number of fused-ring (bicyclic) bond motifs is 1. The van der Waals surface area contributed by atoms with Crippen LogP contribution in [0.3, 0.4) is 0 Å². The van der Waals surface area contributed by atoms with E-state index in [-0.39, 0.29) is 12.1 Å². The van der Waals surface area contributed by atoms with Crippen LogP contribution in [0.4, 0.5) is 5.13 Å². The van der Waals surface area contributed by atoms with Gasteiger partial charge < -0.3 is 15.4 Å². The fourth-order valence-corrected chi connectivity index (χ4v) is 5.00. The van der Waals surface area contributed by atoms with E-state index in [1.54, 1.807) is 0 Å². The number of thiazole rings is 1. The van der Waals surface area contributed by atoms with Crippen LogP contribution in [0.15, 0.2) is 54.2 Å². The van der Waals surface area contributed by atoms with Crippen LogP contribution >= 0.6 is 11.3 Å². The molecule has 3 aromatic heterocycles. The standard InChI is InChI=1S/C23H22N6O5S2/c1-36(32,33)28-6-5-17(12-28)22(31)24-11-21(30)26-23-25-20(14-35-23)16-4-2-3-15(9-16)19-10-18-13-34-8-7-29(18)27-19/h2-6,9-10,12,14H,7-8,11,13H2,1H3,(H,24,31)(H,25,26,30). The summed E-state index contributed by atoms with van der Waals surface area (Å²) in [6, 6.07) is 11.2. The summed E-state index contributed by atoms with van der Waals surface area (Å²) >= 11 is 1.27. The van der Waals surface area contributed by atoms with E-state index in [1.807, 2.05) is 40.4 Å². The Balaban J connectivity index is 1.21. The number of carbonyl (C=O) groups excluding carboxylic acids is 2. The van der Waals surface area contributed by atoms with Crippen LogP contribution in [-0.2, 0) is 32.7 Å². The van der Waals surface area contributed by atoms with Crippen molar-refractivity contribution < 1.29 is 22.7 Å². The molecule has 4 aromatic rings. The Morgan fingerprint density at radius 3 is 2.72 bits per heavy atom. The summed E-state index contributed by atoms with van der Waals surface area (Å²) in [5.41, 5.74) is 4.59. The van der Waals surface area contributed by atoms with Gasteiger partial charge in [-0.2, -0.15) is 5.10 Å². The second-order valence-electron chi connectivity index (χ2n) is 8.14. The predicted octanol–water partition coefficient (Wildman–Crippen LogP) is 2.18. The lowest BCUT2D eigenvalue weighted by Crippen LogP contribution is -2.32. The number of rotatable bonds is 7. The molecule has 13 heteroatoms. The zero-order valence-electron chi connectivity index (χ0n) is 19.2. The van der Waals surface area contributed by atoms with Gasteiger partial charge >= 0.3 is 0 Å². The molecule has 11 nitrogen and oxygen atoms in total. The van der Waals surface area contributed by atoms with Gasteiger partial charge in [0.1, 0.15) is 0 Å². The minimum absolute atomic E-state index is 0.135. The van der Waals surface area contributed by atoms with Gasteiger partial charge in [-0.3, -0.25) is 18.2 Å². The fraction of sp³-hybridized carbons (Fsp3) is 0.217. The van der Waals surface area contributed by atoms with Crippen LogP contribution in [-0.4, -0.2) is 58.4 Å². The first-order chi connectivity index (χ1) is 17.3. The Kier molecular flexibility index (Phi) is 6.43. The molecule has 1 aromatic carbocycles. The Labute approximate surface area is 210 Å². The van der Waals surface area contributed by atoms with Crippen molar-refractivity contribution in [1.82, 2.24) is 24.1 Å². The summed E-state index contributed by atoms with van der Waals surface area (Å²) in [7, 11) is -3.49. The van der Waals surface area contributed by atoms with E-state index in [0.717, 1.165) is 39.3 Å². The normalized spacial score (nSPS) is 13.2. The topological polar surface area (TPSA) is 137 Å². The number of hydrogen-bond acceptors (Lipinski definition) is 8. The Morgan fingerprint density at radius 1 is 1.17 bits per heavy atom. The molecule has 2 amide bonds. The fourth-order valence-electron chi connectivity index (χ4n) is 3.68. The number of benzene rings is 1. The number of anilines is 1. The van der Waals surface area contributed by atoms with Gasteiger partial charge in [0.2, 0.25) is 15.9 Å². The van der Waals surface area contributed by atoms with Crippen LogP contribution in [0.5, 0.6) is 0 Å². The number of nitrogens with one attached hydrogen (secondary N) is 2. The first-order valence-corrected chi connectivity index (χ1v) is 13.7. The summed E-state index contributed by atoms with van der Waals surface area (Å²) in [6.07, 6.45) is 3.49. The minimum atomic E-state index is -3.49. The quantitative estimate of drug-likeness (QED) is 0.377. The van der Waals surface area contributed by atoms with Crippen molar-refractivity contribution in [2.24, 2.45) is 0 Å². The summed E-state index contributed by atoms with van der Waals surface area (Å²) in [4.78, 5) is 29.0. The summed E-state index contributed by atoms with van der Waals surface area (Å²) in [5.74, 6) is -1.01. The van der Waals surface area contributed by atoms with Gasteiger partial charge in [-0.15, -0.1) is 11.3 Å². The van der Waals surface area contributed by atoms with Crippen LogP contribution in [0.1, 0.15) is 16.1 Å². The van der Waals surface area contributed by atoms with Crippen molar-refractivity contribution in [3.8, 4) is 22.5 Å². The maximum atomic E-state index is 12.3. The van der Waals surface area contributed by atoms with Crippen LogP contribution in [0.2, 0.25) is 0 Å². The summed E-state index contributed by atoms with van der Waals surface area (Å²) in [5, 5.41) is 12.0. The maximum absolute atomic E-state index is 12.3. The molecule has 0 bridgehead atoms. The summed E-state index contributed by atoms with van der Waals surface area (Å²) in [6.45, 7) is 1.65.